The van der Waals surface area contributed by atoms with Gasteiger partial charge in [0, 0.05) is 7.05 Å². The number of rotatable bonds is 4. The number of hydrogen-bond acceptors (Lipinski definition) is 4. The first-order valence-electron chi connectivity index (χ1n) is 6.51. The molecular formula is C13H16ClFN6O. The average molecular weight is 327 g/mol. The lowest BCUT2D eigenvalue weighted by Gasteiger charge is -2.02. The Bertz CT molecular complexity index is 748. The molecule has 1 amide bonds. The Hall–Kier alpha value is -2.22. The Morgan fingerprint density at radius 2 is 2.05 bits per heavy atom. The minimum atomic E-state index is -0.513. The third kappa shape index (κ3) is 3.16. The average Bonchev–Trinajstić information content (AvgIpc) is 2.83. The second kappa shape index (κ2) is 6.27. The summed E-state index contributed by atoms with van der Waals surface area (Å²) in [5, 5.41) is 12.3. The molecule has 0 aliphatic heterocycles. The van der Waals surface area contributed by atoms with E-state index in [4.69, 9.17) is 11.6 Å². The zero-order chi connectivity index (χ0) is 16.4. The predicted molar refractivity (Wildman–Crippen MR) is 80.4 cm³/mol. The molecule has 0 bridgehead atoms. The van der Waals surface area contributed by atoms with Crippen LogP contribution in [0.5, 0.6) is 0 Å². The van der Waals surface area contributed by atoms with Crippen LogP contribution in [0.25, 0.3) is 0 Å². The molecule has 0 unspecified atom stereocenters. The van der Waals surface area contributed by atoms with E-state index in [1.165, 1.54) is 17.9 Å². The fraction of sp³-hybridized carbons (Fsp3) is 0.385. The number of amides is 1. The van der Waals surface area contributed by atoms with Crippen molar-refractivity contribution in [2.45, 2.75) is 27.3 Å². The lowest BCUT2D eigenvalue weighted by Crippen LogP contribution is -2.24. The third-order valence-corrected chi connectivity index (χ3v) is 3.71. The Kier molecular flexibility index (Phi) is 4.60. The van der Waals surface area contributed by atoms with Crippen LogP contribution < -0.4 is 5.43 Å². The van der Waals surface area contributed by atoms with Crippen molar-refractivity contribution in [2.24, 2.45) is 12.1 Å². The first kappa shape index (κ1) is 16.2. The van der Waals surface area contributed by atoms with Gasteiger partial charge in [-0.2, -0.15) is 19.7 Å². The summed E-state index contributed by atoms with van der Waals surface area (Å²) in [4.78, 5) is 11.8. The lowest BCUT2D eigenvalue weighted by molar-refractivity contribution is -0.121. The summed E-state index contributed by atoms with van der Waals surface area (Å²) < 4.78 is 16.3. The highest BCUT2D eigenvalue weighted by molar-refractivity contribution is 6.31. The Morgan fingerprint density at radius 1 is 1.36 bits per heavy atom. The van der Waals surface area contributed by atoms with Crippen LogP contribution in [0, 0.1) is 26.7 Å². The normalized spacial score (nSPS) is 11.4. The van der Waals surface area contributed by atoms with E-state index in [0.717, 1.165) is 4.68 Å². The number of halogens is 2. The first-order chi connectivity index (χ1) is 10.3. The van der Waals surface area contributed by atoms with Crippen LogP contribution in [0.4, 0.5) is 4.39 Å². The number of carbonyl (C=O) groups excluding carboxylic acids is 1. The van der Waals surface area contributed by atoms with Crippen LogP contribution in [0.1, 0.15) is 22.6 Å². The molecule has 0 saturated carbocycles. The van der Waals surface area contributed by atoms with Crippen LogP contribution in [0.2, 0.25) is 5.02 Å². The number of aryl methyl sites for hydroxylation is 3. The summed E-state index contributed by atoms with van der Waals surface area (Å²) in [6.45, 7) is 5.17. The molecule has 7 nitrogen and oxygen atoms in total. The van der Waals surface area contributed by atoms with E-state index >= 15 is 0 Å². The molecule has 9 heteroatoms. The van der Waals surface area contributed by atoms with Crippen molar-refractivity contribution >= 4 is 23.7 Å². The highest BCUT2D eigenvalue weighted by Gasteiger charge is 2.13. The molecule has 22 heavy (non-hydrogen) atoms. The zero-order valence-corrected chi connectivity index (χ0v) is 13.4. The fourth-order valence-electron chi connectivity index (χ4n) is 1.96. The largest absolute Gasteiger partial charge is 0.271 e. The Morgan fingerprint density at radius 3 is 2.55 bits per heavy atom. The number of aromatic nitrogens is 4. The van der Waals surface area contributed by atoms with Crippen molar-refractivity contribution in [1.29, 1.82) is 0 Å². The van der Waals surface area contributed by atoms with E-state index in [1.807, 2.05) is 0 Å². The van der Waals surface area contributed by atoms with Crippen molar-refractivity contribution in [3.05, 3.63) is 33.6 Å². The Labute approximate surface area is 131 Å². The minimum Gasteiger partial charge on any atom is -0.271 e. The molecule has 2 rings (SSSR count). The van der Waals surface area contributed by atoms with Crippen LogP contribution in [-0.2, 0) is 18.4 Å². The van der Waals surface area contributed by atoms with Gasteiger partial charge in [0.2, 0.25) is 5.95 Å². The lowest BCUT2D eigenvalue weighted by atomic mass is 10.3. The van der Waals surface area contributed by atoms with Crippen LogP contribution in [0.3, 0.4) is 0 Å². The van der Waals surface area contributed by atoms with Gasteiger partial charge in [-0.05, 0) is 20.8 Å². The maximum absolute atomic E-state index is 13.7. The van der Waals surface area contributed by atoms with Crippen molar-refractivity contribution < 1.29 is 9.18 Å². The number of nitrogens with zero attached hydrogens (tertiary/aromatic N) is 5. The number of carbonyl (C=O) groups is 1. The molecule has 0 aromatic carbocycles. The van der Waals surface area contributed by atoms with Gasteiger partial charge in [0.05, 0.1) is 33.9 Å². The molecule has 0 fully saturated rings. The predicted octanol–water partition coefficient (Wildman–Crippen LogP) is 1.48. The van der Waals surface area contributed by atoms with Crippen molar-refractivity contribution in [3.8, 4) is 0 Å². The van der Waals surface area contributed by atoms with Crippen LogP contribution in [0.15, 0.2) is 5.10 Å². The highest BCUT2D eigenvalue weighted by atomic mass is 35.5. The number of nitrogens with one attached hydrogen (secondary N) is 1. The maximum atomic E-state index is 13.7. The van der Waals surface area contributed by atoms with E-state index in [-0.39, 0.29) is 18.0 Å². The first-order valence-corrected chi connectivity index (χ1v) is 6.89. The zero-order valence-electron chi connectivity index (χ0n) is 12.7. The minimum absolute atomic E-state index is 0.0226. The van der Waals surface area contributed by atoms with Gasteiger partial charge >= 0.3 is 0 Å². The second-order valence-electron chi connectivity index (χ2n) is 4.85. The fourth-order valence-corrected chi connectivity index (χ4v) is 2.10. The maximum Gasteiger partial charge on any atom is 0.261 e. The molecule has 1 N–H and O–H groups in total. The van der Waals surface area contributed by atoms with Crippen molar-refractivity contribution in [1.82, 2.24) is 25.0 Å². The molecule has 2 aromatic heterocycles. The number of hydrogen-bond donors (Lipinski definition) is 1. The summed E-state index contributed by atoms with van der Waals surface area (Å²) in [7, 11) is 1.49. The molecule has 0 saturated heterocycles. The Balaban J connectivity index is 2.01. The topological polar surface area (TPSA) is 77.1 Å². The summed E-state index contributed by atoms with van der Waals surface area (Å²) in [5.41, 5.74) is 4.40. The smallest absolute Gasteiger partial charge is 0.261 e. The number of hydrazone groups is 1. The van der Waals surface area contributed by atoms with Gasteiger partial charge in [-0.25, -0.2) is 10.1 Å². The summed E-state index contributed by atoms with van der Waals surface area (Å²) in [6, 6.07) is 0. The van der Waals surface area contributed by atoms with Crippen molar-refractivity contribution in [2.75, 3.05) is 0 Å². The third-order valence-electron chi connectivity index (χ3n) is 3.17. The summed E-state index contributed by atoms with van der Waals surface area (Å²) in [5.74, 6) is -0.902. The van der Waals surface area contributed by atoms with Crippen molar-refractivity contribution in [3.63, 3.8) is 0 Å². The highest BCUT2D eigenvalue weighted by Crippen LogP contribution is 2.18. The van der Waals surface area contributed by atoms with Crippen LogP contribution in [-0.4, -0.2) is 31.7 Å². The van der Waals surface area contributed by atoms with Gasteiger partial charge < -0.3 is 0 Å². The molecule has 0 atom stereocenters. The van der Waals surface area contributed by atoms with Gasteiger partial charge in [-0.3, -0.25) is 9.48 Å². The van der Waals surface area contributed by atoms with Gasteiger partial charge in [0.15, 0.2) is 0 Å². The van der Waals surface area contributed by atoms with E-state index in [1.54, 1.807) is 20.8 Å². The molecule has 2 heterocycles. The molecule has 0 aliphatic carbocycles. The summed E-state index contributed by atoms with van der Waals surface area (Å²) >= 11 is 6.01. The van der Waals surface area contributed by atoms with Gasteiger partial charge in [0.1, 0.15) is 6.54 Å². The molecule has 0 radical (unpaired) electrons. The van der Waals surface area contributed by atoms with Gasteiger partial charge in [-0.15, -0.1) is 0 Å². The van der Waals surface area contributed by atoms with E-state index in [9.17, 15) is 9.18 Å². The molecule has 118 valence electrons. The molecular weight excluding hydrogens is 311 g/mol. The SMILES string of the molecule is Cc1nn(CC(=O)NN=Cc2c(C)nn(C)c2F)c(C)c1Cl. The van der Waals surface area contributed by atoms with E-state index in [2.05, 4.69) is 20.7 Å². The second-order valence-corrected chi connectivity index (χ2v) is 5.23. The van der Waals surface area contributed by atoms with Crippen LogP contribution >= 0.6 is 11.6 Å². The molecule has 2 aromatic rings. The quantitative estimate of drug-likeness (QED) is 0.683. The van der Waals surface area contributed by atoms with Gasteiger partial charge in [-0.1, -0.05) is 11.6 Å². The summed E-state index contributed by atoms with van der Waals surface area (Å²) in [6.07, 6.45) is 1.23. The molecule has 0 aliphatic rings. The standard InChI is InChI=1S/C13H16ClFN6O/c1-7-10(13(15)20(4)18-7)5-16-17-11(22)6-21-9(3)12(14)8(2)19-21/h5H,6H2,1-4H3,(H,17,22). The van der Waals surface area contributed by atoms with E-state index in [0.29, 0.717) is 22.1 Å². The van der Waals surface area contributed by atoms with Gasteiger partial charge in [0.25, 0.3) is 5.91 Å². The van der Waals surface area contributed by atoms with E-state index < -0.39 is 5.95 Å². The monoisotopic (exact) mass is 326 g/mol. The molecule has 0 spiro atoms.